The predicted molar refractivity (Wildman–Crippen MR) is 103 cm³/mol. The molecule has 8 heteroatoms. The SMILES string of the molecule is CCCNCCN(CCC)C(C(=O)OC)/C(C)=N/NC(=O)OC(C)(C)C. The number of methoxy groups -OCH3 is 1. The van der Waals surface area contributed by atoms with Gasteiger partial charge in [-0.3, -0.25) is 4.90 Å². The Morgan fingerprint density at radius 1 is 1.12 bits per heavy atom. The van der Waals surface area contributed by atoms with Crippen LogP contribution in [0.2, 0.25) is 0 Å². The summed E-state index contributed by atoms with van der Waals surface area (Å²) in [7, 11) is 1.35. The number of carbonyl (C=O) groups excluding carboxylic acids is 2. The summed E-state index contributed by atoms with van der Waals surface area (Å²) >= 11 is 0. The van der Waals surface area contributed by atoms with Gasteiger partial charge in [0.2, 0.25) is 0 Å². The van der Waals surface area contributed by atoms with E-state index in [0.717, 1.165) is 25.9 Å². The van der Waals surface area contributed by atoms with Gasteiger partial charge in [-0.15, -0.1) is 0 Å². The van der Waals surface area contributed by atoms with E-state index in [1.165, 1.54) is 7.11 Å². The minimum absolute atomic E-state index is 0.402. The third-order valence-electron chi connectivity index (χ3n) is 3.42. The molecule has 0 aromatic heterocycles. The molecule has 2 N–H and O–H groups in total. The maximum absolute atomic E-state index is 12.3. The summed E-state index contributed by atoms with van der Waals surface area (Å²) in [5, 5.41) is 7.38. The average Bonchev–Trinajstić information content (AvgIpc) is 2.55. The van der Waals surface area contributed by atoms with E-state index in [1.807, 2.05) is 11.8 Å². The van der Waals surface area contributed by atoms with Crippen LogP contribution in [0.25, 0.3) is 0 Å². The molecule has 0 heterocycles. The lowest BCUT2D eigenvalue weighted by atomic mass is 10.1. The van der Waals surface area contributed by atoms with Gasteiger partial charge in [-0.1, -0.05) is 13.8 Å². The van der Waals surface area contributed by atoms with Gasteiger partial charge in [-0.2, -0.15) is 5.10 Å². The van der Waals surface area contributed by atoms with Crippen molar-refractivity contribution in [2.75, 3.05) is 33.3 Å². The highest BCUT2D eigenvalue weighted by molar-refractivity contribution is 6.05. The first-order chi connectivity index (χ1) is 12.2. The van der Waals surface area contributed by atoms with Gasteiger partial charge >= 0.3 is 12.1 Å². The van der Waals surface area contributed by atoms with E-state index in [0.29, 0.717) is 18.8 Å². The van der Waals surface area contributed by atoms with Crippen LogP contribution in [0.5, 0.6) is 0 Å². The number of nitrogens with zero attached hydrogens (tertiary/aromatic N) is 2. The molecule has 0 saturated heterocycles. The Bertz CT molecular complexity index is 461. The molecule has 1 unspecified atom stereocenters. The van der Waals surface area contributed by atoms with E-state index in [-0.39, 0.29) is 0 Å². The van der Waals surface area contributed by atoms with Crippen molar-refractivity contribution in [3.05, 3.63) is 0 Å². The van der Waals surface area contributed by atoms with Crippen LogP contribution < -0.4 is 10.7 Å². The van der Waals surface area contributed by atoms with Gasteiger partial charge in [0, 0.05) is 13.1 Å². The van der Waals surface area contributed by atoms with E-state index in [9.17, 15) is 9.59 Å². The van der Waals surface area contributed by atoms with Crippen molar-refractivity contribution in [3.8, 4) is 0 Å². The molecule has 1 atom stereocenters. The fourth-order valence-corrected chi connectivity index (χ4v) is 2.37. The third kappa shape index (κ3) is 10.4. The summed E-state index contributed by atoms with van der Waals surface area (Å²) in [6.45, 7) is 14.2. The van der Waals surface area contributed by atoms with Crippen LogP contribution in [0.15, 0.2) is 5.10 Å². The van der Waals surface area contributed by atoms with Crippen LogP contribution in [-0.2, 0) is 14.3 Å². The zero-order valence-corrected chi connectivity index (χ0v) is 17.3. The molecule has 0 radical (unpaired) electrons. The zero-order chi connectivity index (χ0) is 20.2. The van der Waals surface area contributed by atoms with Gasteiger partial charge in [0.15, 0.2) is 0 Å². The van der Waals surface area contributed by atoms with E-state index >= 15 is 0 Å². The second-order valence-corrected chi connectivity index (χ2v) is 7.08. The molecule has 0 aromatic carbocycles. The molecule has 0 fully saturated rings. The lowest BCUT2D eigenvalue weighted by Crippen LogP contribution is -2.49. The van der Waals surface area contributed by atoms with Crippen LogP contribution in [0.3, 0.4) is 0 Å². The molecule has 0 aliphatic rings. The average molecular weight is 373 g/mol. The summed E-state index contributed by atoms with van der Waals surface area (Å²) in [6.07, 6.45) is 1.27. The van der Waals surface area contributed by atoms with Crippen LogP contribution in [0.1, 0.15) is 54.4 Å². The van der Waals surface area contributed by atoms with Crippen LogP contribution in [0, 0.1) is 0 Å². The largest absolute Gasteiger partial charge is 0.468 e. The molecule has 26 heavy (non-hydrogen) atoms. The molecule has 0 rings (SSSR count). The maximum Gasteiger partial charge on any atom is 0.428 e. The highest BCUT2D eigenvalue weighted by Gasteiger charge is 2.29. The van der Waals surface area contributed by atoms with Crippen LogP contribution in [-0.4, -0.2) is 67.6 Å². The minimum atomic E-state index is -0.660. The number of hydrogen-bond acceptors (Lipinski definition) is 7. The molecule has 0 saturated carbocycles. The normalized spacial score (nSPS) is 13.5. The van der Waals surface area contributed by atoms with E-state index in [2.05, 4.69) is 22.8 Å². The van der Waals surface area contributed by atoms with Crippen molar-refractivity contribution in [2.24, 2.45) is 5.10 Å². The molecule has 0 aliphatic carbocycles. The molecule has 0 bridgehead atoms. The number of rotatable bonds is 11. The lowest BCUT2D eigenvalue weighted by molar-refractivity contribution is -0.144. The second kappa shape index (κ2) is 12.6. The molecule has 0 aliphatic heterocycles. The summed E-state index contributed by atoms with van der Waals surface area (Å²) in [5.74, 6) is -0.402. The van der Waals surface area contributed by atoms with E-state index < -0.39 is 23.7 Å². The molecule has 8 nitrogen and oxygen atoms in total. The number of carbonyl (C=O) groups is 2. The Labute approximate surface area is 157 Å². The topological polar surface area (TPSA) is 92.3 Å². The van der Waals surface area contributed by atoms with Crippen molar-refractivity contribution >= 4 is 17.8 Å². The van der Waals surface area contributed by atoms with Crippen molar-refractivity contribution in [2.45, 2.75) is 66.0 Å². The fraction of sp³-hybridized carbons (Fsp3) is 0.833. The van der Waals surface area contributed by atoms with Crippen molar-refractivity contribution in [1.82, 2.24) is 15.6 Å². The van der Waals surface area contributed by atoms with Gasteiger partial charge in [-0.25, -0.2) is 15.0 Å². The molecule has 0 aromatic rings. The molecule has 0 spiro atoms. The van der Waals surface area contributed by atoms with Crippen LogP contribution >= 0.6 is 0 Å². The van der Waals surface area contributed by atoms with Crippen molar-refractivity contribution in [1.29, 1.82) is 0 Å². The Hall–Kier alpha value is -1.67. The van der Waals surface area contributed by atoms with Crippen molar-refractivity contribution in [3.63, 3.8) is 0 Å². The lowest BCUT2D eigenvalue weighted by Gasteiger charge is -2.29. The Morgan fingerprint density at radius 2 is 1.77 bits per heavy atom. The van der Waals surface area contributed by atoms with Gasteiger partial charge in [-0.05, 0) is 53.6 Å². The monoisotopic (exact) mass is 372 g/mol. The summed E-state index contributed by atoms with van der Waals surface area (Å²) in [5.41, 5.74) is 2.18. The summed E-state index contributed by atoms with van der Waals surface area (Å²) in [6, 6.07) is -0.654. The molecule has 152 valence electrons. The Kier molecular flexibility index (Phi) is 11.8. The Balaban J connectivity index is 5.12. The van der Waals surface area contributed by atoms with Crippen molar-refractivity contribution < 1.29 is 19.1 Å². The maximum atomic E-state index is 12.3. The predicted octanol–water partition coefficient (Wildman–Crippen LogP) is 2.14. The van der Waals surface area contributed by atoms with Gasteiger partial charge < -0.3 is 14.8 Å². The van der Waals surface area contributed by atoms with Gasteiger partial charge in [0.1, 0.15) is 11.6 Å². The molecular formula is C18H36N4O4. The van der Waals surface area contributed by atoms with E-state index in [1.54, 1.807) is 27.7 Å². The van der Waals surface area contributed by atoms with Crippen LogP contribution in [0.4, 0.5) is 4.79 Å². The number of ether oxygens (including phenoxy) is 2. The Morgan fingerprint density at radius 3 is 2.27 bits per heavy atom. The summed E-state index contributed by atoms with van der Waals surface area (Å²) < 4.78 is 10.1. The second-order valence-electron chi connectivity index (χ2n) is 7.08. The number of amides is 1. The van der Waals surface area contributed by atoms with Gasteiger partial charge in [0.05, 0.1) is 12.8 Å². The number of hydrogen-bond donors (Lipinski definition) is 2. The molecular weight excluding hydrogens is 336 g/mol. The fourth-order valence-electron chi connectivity index (χ4n) is 2.37. The number of nitrogens with one attached hydrogen (secondary N) is 2. The van der Waals surface area contributed by atoms with E-state index in [4.69, 9.17) is 9.47 Å². The first kappa shape index (κ1) is 24.3. The summed E-state index contributed by atoms with van der Waals surface area (Å²) in [4.78, 5) is 26.1. The quantitative estimate of drug-likeness (QED) is 0.250. The van der Waals surface area contributed by atoms with Gasteiger partial charge in [0.25, 0.3) is 0 Å². The zero-order valence-electron chi connectivity index (χ0n) is 17.3. The first-order valence-corrected chi connectivity index (χ1v) is 9.22. The minimum Gasteiger partial charge on any atom is -0.468 e. The highest BCUT2D eigenvalue weighted by Crippen LogP contribution is 2.08. The molecule has 1 amide bonds. The standard InChI is InChI=1S/C18H36N4O4/c1-8-10-19-11-13-22(12-9-2)15(16(23)25-7)14(3)20-21-17(24)26-18(4,5)6/h15,19H,8-13H2,1-7H3,(H,21,24)/b20-14+. The smallest absolute Gasteiger partial charge is 0.428 e. The number of esters is 1. The highest BCUT2D eigenvalue weighted by atomic mass is 16.6. The third-order valence-corrected chi connectivity index (χ3v) is 3.42. The number of hydrazone groups is 1. The first-order valence-electron chi connectivity index (χ1n) is 9.22.